The molecule has 31 heavy (non-hydrogen) atoms. The molecule has 2 amide bonds. The molecule has 0 radical (unpaired) electrons. The second-order valence-corrected chi connectivity index (χ2v) is 9.55. The molecule has 0 fully saturated rings. The number of hydrogen-bond acceptors (Lipinski definition) is 7. The predicted octanol–water partition coefficient (Wildman–Crippen LogP) is 3.85. The average Bonchev–Trinajstić information content (AvgIpc) is 3.15. The number of amides is 2. The highest BCUT2D eigenvalue weighted by Crippen LogP contribution is 2.29. The van der Waals surface area contributed by atoms with Crippen LogP contribution in [-0.4, -0.2) is 58.6 Å². The fourth-order valence-corrected chi connectivity index (χ4v) is 4.35. The zero-order valence-corrected chi connectivity index (χ0v) is 18.8. The molecule has 1 N–H and O–H groups in total. The SMILES string of the molecule is CN(CC(=O)c1ccc(OO)cc1)C(=O)c1cc2c(s1)CCN(C(=O)OC(C)(C)C)C2. The number of ketones is 1. The molecule has 2 aromatic rings. The van der Waals surface area contributed by atoms with E-state index in [9.17, 15) is 14.4 Å². The van der Waals surface area contributed by atoms with Crippen molar-refractivity contribution in [2.75, 3.05) is 20.1 Å². The number of rotatable bonds is 5. The summed E-state index contributed by atoms with van der Waals surface area (Å²) in [4.78, 5) is 46.4. The van der Waals surface area contributed by atoms with Crippen LogP contribution in [0.4, 0.5) is 4.79 Å². The molecule has 1 aliphatic rings. The molecular weight excluding hydrogens is 420 g/mol. The van der Waals surface area contributed by atoms with Crippen molar-refractivity contribution >= 4 is 29.1 Å². The zero-order chi connectivity index (χ0) is 22.8. The van der Waals surface area contributed by atoms with Crippen LogP contribution < -0.4 is 4.89 Å². The summed E-state index contributed by atoms with van der Waals surface area (Å²) in [5.74, 6) is -0.241. The van der Waals surface area contributed by atoms with Crippen molar-refractivity contribution in [3.63, 3.8) is 0 Å². The summed E-state index contributed by atoms with van der Waals surface area (Å²) >= 11 is 1.40. The van der Waals surface area contributed by atoms with Crippen LogP contribution in [0.5, 0.6) is 5.75 Å². The molecule has 1 aromatic heterocycles. The molecule has 0 atom stereocenters. The third-order valence-electron chi connectivity index (χ3n) is 4.74. The van der Waals surface area contributed by atoms with Crippen molar-refractivity contribution in [3.05, 3.63) is 51.2 Å². The van der Waals surface area contributed by atoms with Gasteiger partial charge >= 0.3 is 6.09 Å². The molecule has 0 spiro atoms. The van der Waals surface area contributed by atoms with Crippen molar-refractivity contribution in [1.29, 1.82) is 0 Å². The van der Waals surface area contributed by atoms with E-state index in [-0.39, 0.29) is 30.1 Å². The molecule has 3 rings (SSSR count). The molecule has 0 bridgehead atoms. The van der Waals surface area contributed by atoms with Crippen LogP contribution in [0.2, 0.25) is 0 Å². The van der Waals surface area contributed by atoms with Gasteiger partial charge in [0.15, 0.2) is 11.5 Å². The van der Waals surface area contributed by atoms with Gasteiger partial charge in [-0.25, -0.2) is 10.1 Å². The van der Waals surface area contributed by atoms with Gasteiger partial charge in [-0.15, -0.1) is 11.3 Å². The molecule has 8 nitrogen and oxygen atoms in total. The van der Waals surface area contributed by atoms with Crippen molar-refractivity contribution in [1.82, 2.24) is 9.80 Å². The van der Waals surface area contributed by atoms with Gasteiger partial charge in [0.05, 0.1) is 18.0 Å². The highest BCUT2D eigenvalue weighted by Gasteiger charge is 2.28. The van der Waals surface area contributed by atoms with E-state index in [1.807, 2.05) is 20.8 Å². The Morgan fingerprint density at radius 3 is 2.48 bits per heavy atom. The van der Waals surface area contributed by atoms with Crippen LogP contribution in [0, 0.1) is 0 Å². The molecule has 0 saturated heterocycles. The minimum atomic E-state index is -0.562. The third-order valence-corrected chi connectivity index (χ3v) is 5.96. The number of nitrogens with zero attached hydrogens (tertiary/aromatic N) is 2. The molecular formula is C22H26N2O6S. The second-order valence-electron chi connectivity index (χ2n) is 8.41. The summed E-state index contributed by atoms with van der Waals surface area (Å²) in [6.07, 6.45) is 0.298. The van der Waals surface area contributed by atoms with E-state index < -0.39 is 5.60 Å². The maximum Gasteiger partial charge on any atom is 0.410 e. The monoisotopic (exact) mass is 446 g/mol. The number of fused-ring (bicyclic) bond motifs is 1. The lowest BCUT2D eigenvalue weighted by molar-refractivity contribution is -0.137. The largest absolute Gasteiger partial charge is 0.444 e. The predicted molar refractivity (Wildman–Crippen MR) is 116 cm³/mol. The number of hydrogen-bond donors (Lipinski definition) is 1. The molecule has 166 valence electrons. The summed E-state index contributed by atoms with van der Waals surface area (Å²) in [7, 11) is 1.58. The topological polar surface area (TPSA) is 96.4 Å². The second kappa shape index (κ2) is 9.07. The van der Waals surface area contributed by atoms with Crippen molar-refractivity contribution < 1.29 is 29.3 Å². The smallest absolute Gasteiger partial charge is 0.410 e. The number of carbonyl (C=O) groups is 3. The van der Waals surface area contributed by atoms with E-state index >= 15 is 0 Å². The highest BCUT2D eigenvalue weighted by molar-refractivity contribution is 7.14. The lowest BCUT2D eigenvalue weighted by Gasteiger charge is -2.29. The van der Waals surface area contributed by atoms with Gasteiger partial charge in [-0.3, -0.25) is 9.59 Å². The maximum atomic E-state index is 12.9. The van der Waals surface area contributed by atoms with E-state index in [1.165, 1.54) is 40.5 Å². The molecule has 1 aliphatic heterocycles. The van der Waals surface area contributed by atoms with Crippen LogP contribution in [0.25, 0.3) is 0 Å². The van der Waals surface area contributed by atoms with Gasteiger partial charge < -0.3 is 19.4 Å². The first-order valence-electron chi connectivity index (χ1n) is 9.87. The van der Waals surface area contributed by atoms with Gasteiger partial charge in [0.25, 0.3) is 5.91 Å². The van der Waals surface area contributed by atoms with Crippen LogP contribution >= 0.6 is 11.3 Å². The van der Waals surface area contributed by atoms with Crippen LogP contribution in [-0.2, 0) is 17.7 Å². The van der Waals surface area contributed by atoms with Gasteiger partial charge in [0, 0.05) is 24.0 Å². The van der Waals surface area contributed by atoms with Crippen LogP contribution in [0.3, 0.4) is 0 Å². The van der Waals surface area contributed by atoms with Crippen molar-refractivity contribution in [2.24, 2.45) is 0 Å². The minimum Gasteiger partial charge on any atom is -0.444 e. The van der Waals surface area contributed by atoms with Gasteiger partial charge in [0.1, 0.15) is 5.60 Å². The Balaban J connectivity index is 1.64. The Morgan fingerprint density at radius 1 is 1.19 bits per heavy atom. The Morgan fingerprint density at radius 2 is 1.87 bits per heavy atom. The quantitative estimate of drug-likeness (QED) is 0.426. The van der Waals surface area contributed by atoms with Crippen molar-refractivity contribution in [3.8, 4) is 5.75 Å². The summed E-state index contributed by atoms with van der Waals surface area (Å²) in [5, 5.41) is 8.61. The summed E-state index contributed by atoms with van der Waals surface area (Å²) < 4.78 is 5.44. The summed E-state index contributed by atoms with van der Waals surface area (Å²) in [6.45, 7) is 6.34. The lowest BCUT2D eigenvalue weighted by Crippen LogP contribution is -2.39. The number of benzene rings is 1. The summed E-state index contributed by atoms with van der Waals surface area (Å²) in [6, 6.07) is 7.80. The maximum absolute atomic E-state index is 12.9. The Bertz CT molecular complexity index is 977. The first kappa shape index (κ1) is 22.8. The zero-order valence-electron chi connectivity index (χ0n) is 18.0. The van der Waals surface area contributed by atoms with Crippen LogP contribution in [0.15, 0.2) is 30.3 Å². The molecule has 0 unspecified atom stereocenters. The van der Waals surface area contributed by atoms with Gasteiger partial charge in [-0.05, 0) is 63.1 Å². The van der Waals surface area contributed by atoms with E-state index in [1.54, 1.807) is 18.0 Å². The number of carbonyl (C=O) groups excluding carboxylic acids is 3. The van der Waals surface area contributed by atoms with E-state index in [2.05, 4.69) is 4.89 Å². The first-order valence-corrected chi connectivity index (χ1v) is 10.7. The Hall–Kier alpha value is -2.91. The number of ether oxygens (including phenoxy) is 1. The molecule has 0 saturated carbocycles. The molecule has 1 aromatic carbocycles. The van der Waals surface area contributed by atoms with Crippen LogP contribution in [0.1, 0.15) is 51.2 Å². The lowest BCUT2D eigenvalue weighted by atomic mass is 10.1. The average molecular weight is 447 g/mol. The molecule has 0 aliphatic carbocycles. The van der Waals surface area contributed by atoms with Gasteiger partial charge in [-0.2, -0.15) is 0 Å². The van der Waals surface area contributed by atoms with Gasteiger partial charge in [-0.1, -0.05) is 0 Å². The number of thiophene rings is 1. The number of Topliss-reactive ketones (excluding diaryl/α,β-unsaturated/α-hetero) is 1. The fraction of sp³-hybridized carbons (Fsp3) is 0.409. The van der Waals surface area contributed by atoms with E-state index in [0.717, 1.165) is 10.4 Å². The van der Waals surface area contributed by atoms with E-state index in [0.29, 0.717) is 30.0 Å². The third kappa shape index (κ3) is 5.62. The number of likely N-dealkylation sites (N-methyl/N-ethyl adjacent to an activating group) is 1. The van der Waals surface area contributed by atoms with Crippen molar-refractivity contribution in [2.45, 2.75) is 39.3 Å². The first-order chi connectivity index (χ1) is 14.6. The standard InChI is InChI=1S/C22H26N2O6S/c1-22(2,3)29-21(27)24-10-9-18-15(12-24)11-19(31-18)20(26)23(4)13-17(25)14-5-7-16(30-28)8-6-14/h5-8,11,28H,9-10,12-13H2,1-4H3. The Labute approximate surface area is 184 Å². The fourth-order valence-electron chi connectivity index (χ4n) is 3.19. The minimum absolute atomic E-state index is 0.0786. The van der Waals surface area contributed by atoms with E-state index in [4.69, 9.17) is 9.99 Å². The molecule has 2 heterocycles. The Kier molecular flexibility index (Phi) is 6.66. The highest BCUT2D eigenvalue weighted by atomic mass is 32.1. The molecule has 9 heteroatoms. The normalized spacial score (nSPS) is 13.4. The van der Waals surface area contributed by atoms with Gasteiger partial charge in [0.2, 0.25) is 0 Å². The summed E-state index contributed by atoms with van der Waals surface area (Å²) in [5.41, 5.74) is 0.789.